The van der Waals surface area contributed by atoms with Gasteiger partial charge >= 0.3 is 0 Å². The van der Waals surface area contributed by atoms with Crippen molar-refractivity contribution in [1.29, 1.82) is 0 Å². The van der Waals surface area contributed by atoms with Crippen molar-refractivity contribution < 1.29 is 9.53 Å². The van der Waals surface area contributed by atoms with Gasteiger partial charge in [0.1, 0.15) is 0 Å². The number of aromatic nitrogens is 3. The van der Waals surface area contributed by atoms with Gasteiger partial charge in [0, 0.05) is 53.2 Å². The number of hydrogen-bond donors (Lipinski definition) is 2. The molecule has 156 valence electrons. The van der Waals surface area contributed by atoms with E-state index in [0.717, 1.165) is 42.5 Å². The van der Waals surface area contributed by atoms with Crippen molar-refractivity contribution >= 4 is 22.8 Å². The van der Waals surface area contributed by atoms with Crippen LogP contribution in [0.3, 0.4) is 0 Å². The third-order valence-corrected chi connectivity index (χ3v) is 5.25. The third kappa shape index (κ3) is 4.11. The molecule has 3 N–H and O–H groups in total. The fraction of sp³-hybridized carbons (Fsp3) is 0.391. The highest BCUT2D eigenvalue weighted by molar-refractivity contribution is 6.04. The van der Waals surface area contributed by atoms with Crippen LogP contribution in [0, 0.1) is 0 Å². The van der Waals surface area contributed by atoms with Gasteiger partial charge in [0.25, 0.3) is 0 Å². The van der Waals surface area contributed by atoms with Crippen LogP contribution in [-0.4, -0.2) is 39.6 Å². The standard InChI is InChI=1S/C23H27N5O2/c1-23(2,3)28-22-26-13-18-19(15-6-4-5-7-16(15)21(24)29)25-12-17(20(18)27-22)14-8-10-30-11-9-14/h4-7,12-14H,8-11H2,1-3H3,(H2,24,29)(H,26,27,28). The van der Waals surface area contributed by atoms with E-state index in [2.05, 4.69) is 31.1 Å². The monoisotopic (exact) mass is 405 g/mol. The summed E-state index contributed by atoms with van der Waals surface area (Å²) in [6.07, 6.45) is 5.54. The fourth-order valence-electron chi connectivity index (χ4n) is 3.86. The molecule has 7 heteroatoms. The fourth-order valence-corrected chi connectivity index (χ4v) is 3.86. The Bertz CT molecular complexity index is 1080. The van der Waals surface area contributed by atoms with Crippen LogP contribution in [0.25, 0.3) is 22.2 Å². The molecule has 1 saturated heterocycles. The summed E-state index contributed by atoms with van der Waals surface area (Å²) in [6.45, 7) is 7.68. The van der Waals surface area contributed by atoms with E-state index < -0.39 is 5.91 Å². The molecule has 7 nitrogen and oxygen atoms in total. The number of fused-ring (bicyclic) bond motifs is 1. The maximum atomic E-state index is 12.0. The van der Waals surface area contributed by atoms with E-state index in [9.17, 15) is 4.79 Å². The molecule has 1 aromatic carbocycles. The van der Waals surface area contributed by atoms with Crippen molar-refractivity contribution in [3.63, 3.8) is 0 Å². The largest absolute Gasteiger partial charge is 0.381 e. The van der Waals surface area contributed by atoms with Gasteiger partial charge in [-0.2, -0.15) is 0 Å². The molecule has 1 fully saturated rings. The lowest BCUT2D eigenvalue weighted by atomic mass is 9.90. The SMILES string of the molecule is CC(C)(C)Nc1ncc2c(-c3ccccc3C(N)=O)ncc(C3CCOCC3)c2n1. The highest BCUT2D eigenvalue weighted by Crippen LogP contribution is 2.36. The van der Waals surface area contributed by atoms with Crippen molar-refractivity contribution in [2.75, 3.05) is 18.5 Å². The summed E-state index contributed by atoms with van der Waals surface area (Å²) in [5.74, 6) is 0.413. The van der Waals surface area contributed by atoms with Crippen LogP contribution in [0.15, 0.2) is 36.7 Å². The summed E-state index contributed by atoms with van der Waals surface area (Å²) < 4.78 is 5.54. The summed E-state index contributed by atoms with van der Waals surface area (Å²) in [5, 5.41) is 4.16. The van der Waals surface area contributed by atoms with Crippen LogP contribution < -0.4 is 11.1 Å². The maximum absolute atomic E-state index is 12.0. The zero-order valence-corrected chi connectivity index (χ0v) is 17.6. The lowest BCUT2D eigenvalue weighted by molar-refractivity contribution is 0.0855. The molecule has 0 aliphatic carbocycles. The molecule has 0 bridgehead atoms. The van der Waals surface area contributed by atoms with Gasteiger partial charge < -0.3 is 15.8 Å². The minimum atomic E-state index is -0.485. The first-order valence-corrected chi connectivity index (χ1v) is 10.2. The zero-order chi connectivity index (χ0) is 21.3. The molecule has 0 spiro atoms. The van der Waals surface area contributed by atoms with Crippen molar-refractivity contribution in [3.8, 4) is 11.3 Å². The maximum Gasteiger partial charge on any atom is 0.249 e. The normalized spacial score (nSPS) is 15.3. The second-order valence-corrected chi connectivity index (χ2v) is 8.69. The summed E-state index contributed by atoms with van der Waals surface area (Å²) in [4.78, 5) is 26.2. The topological polar surface area (TPSA) is 103 Å². The van der Waals surface area contributed by atoms with Crippen LogP contribution in [0.5, 0.6) is 0 Å². The number of pyridine rings is 1. The lowest BCUT2D eigenvalue weighted by Crippen LogP contribution is -2.27. The minimum absolute atomic E-state index is 0.166. The van der Waals surface area contributed by atoms with E-state index in [-0.39, 0.29) is 5.54 Å². The van der Waals surface area contributed by atoms with E-state index in [1.807, 2.05) is 18.3 Å². The van der Waals surface area contributed by atoms with Crippen LogP contribution >= 0.6 is 0 Å². The predicted molar refractivity (Wildman–Crippen MR) is 117 cm³/mol. The van der Waals surface area contributed by atoms with Gasteiger partial charge in [-0.1, -0.05) is 18.2 Å². The van der Waals surface area contributed by atoms with Crippen LogP contribution in [-0.2, 0) is 4.74 Å². The Labute approximate surface area is 176 Å². The number of carbonyl (C=O) groups is 1. The quantitative estimate of drug-likeness (QED) is 0.682. The molecule has 3 aromatic rings. The van der Waals surface area contributed by atoms with Gasteiger partial charge in [0.2, 0.25) is 11.9 Å². The Morgan fingerprint density at radius 2 is 1.87 bits per heavy atom. The van der Waals surface area contributed by atoms with Crippen molar-refractivity contribution in [2.45, 2.75) is 45.1 Å². The Balaban J connectivity index is 1.92. The molecule has 0 unspecified atom stereocenters. The number of hydrogen-bond acceptors (Lipinski definition) is 6. The summed E-state index contributed by atoms with van der Waals surface area (Å²) in [7, 11) is 0. The molecule has 3 heterocycles. The van der Waals surface area contributed by atoms with E-state index in [4.69, 9.17) is 20.4 Å². The number of nitrogens with one attached hydrogen (secondary N) is 1. The summed E-state index contributed by atoms with van der Waals surface area (Å²) >= 11 is 0. The second-order valence-electron chi connectivity index (χ2n) is 8.69. The molecule has 0 radical (unpaired) electrons. The molecule has 2 aromatic heterocycles. The molecular weight excluding hydrogens is 378 g/mol. The summed E-state index contributed by atoms with van der Waals surface area (Å²) in [6, 6.07) is 7.24. The number of carbonyl (C=O) groups excluding carboxylic acids is 1. The van der Waals surface area contributed by atoms with Crippen molar-refractivity contribution in [1.82, 2.24) is 15.0 Å². The van der Waals surface area contributed by atoms with Crippen LogP contribution in [0.1, 0.15) is 55.5 Å². The van der Waals surface area contributed by atoms with Gasteiger partial charge in [0.15, 0.2) is 0 Å². The van der Waals surface area contributed by atoms with Gasteiger partial charge in [-0.3, -0.25) is 9.78 Å². The zero-order valence-electron chi connectivity index (χ0n) is 17.6. The number of anilines is 1. The number of amides is 1. The van der Waals surface area contributed by atoms with E-state index in [0.29, 0.717) is 28.7 Å². The Hall–Kier alpha value is -3.06. The molecule has 0 saturated carbocycles. The van der Waals surface area contributed by atoms with Crippen molar-refractivity contribution in [3.05, 3.63) is 47.8 Å². The van der Waals surface area contributed by atoms with E-state index >= 15 is 0 Å². The van der Waals surface area contributed by atoms with Gasteiger partial charge in [-0.15, -0.1) is 0 Å². The van der Waals surface area contributed by atoms with Gasteiger partial charge in [-0.05, 0) is 45.6 Å². The first-order valence-electron chi connectivity index (χ1n) is 10.2. The average Bonchev–Trinajstić information content (AvgIpc) is 2.72. The Kier molecular flexibility index (Phi) is 5.39. The van der Waals surface area contributed by atoms with Crippen LogP contribution in [0.2, 0.25) is 0 Å². The predicted octanol–water partition coefficient (Wildman–Crippen LogP) is 3.90. The highest BCUT2D eigenvalue weighted by Gasteiger charge is 2.23. The lowest BCUT2D eigenvalue weighted by Gasteiger charge is -2.24. The van der Waals surface area contributed by atoms with Crippen LogP contribution in [0.4, 0.5) is 5.95 Å². The smallest absolute Gasteiger partial charge is 0.249 e. The number of nitrogens with two attached hydrogens (primary N) is 1. The van der Waals surface area contributed by atoms with Gasteiger partial charge in [-0.25, -0.2) is 9.97 Å². The first-order chi connectivity index (χ1) is 14.3. The number of rotatable bonds is 4. The van der Waals surface area contributed by atoms with E-state index in [1.165, 1.54) is 0 Å². The molecule has 0 atom stereocenters. The first kappa shape index (κ1) is 20.2. The third-order valence-electron chi connectivity index (χ3n) is 5.25. The number of ether oxygens (including phenoxy) is 1. The number of benzene rings is 1. The number of nitrogens with zero attached hydrogens (tertiary/aromatic N) is 3. The second kappa shape index (κ2) is 7.99. The highest BCUT2D eigenvalue weighted by atomic mass is 16.5. The minimum Gasteiger partial charge on any atom is -0.381 e. The Morgan fingerprint density at radius 1 is 1.13 bits per heavy atom. The average molecular weight is 406 g/mol. The molecule has 1 aliphatic heterocycles. The van der Waals surface area contributed by atoms with Crippen molar-refractivity contribution in [2.24, 2.45) is 5.73 Å². The Morgan fingerprint density at radius 3 is 2.57 bits per heavy atom. The molecular formula is C23H27N5O2. The number of primary amides is 1. The molecule has 4 rings (SSSR count). The summed E-state index contributed by atoms with van der Waals surface area (Å²) in [5.41, 5.74) is 9.18. The van der Waals surface area contributed by atoms with Gasteiger partial charge in [0.05, 0.1) is 11.2 Å². The molecule has 1 amide bonds. The van der Waals surface area contributed by atoms with E-state index in [1.54, 1.807) is 18.3 Å². The molecule has 30 heavy (non-hydrogen) atoms. The molecule has 1 aliphatic rings.